The number of hydrogen-bond acceptors (Lipinski definition) is 4. The molecular formula is C20H25N5O3. The second-order valence-corrected chi connectivity index (χ2v) is 7.79. The van der Waals surface area contributed by atoms with Crippen molar-refractivity contribution < 1.29 is 14.4 Å². The normalized spacial score (nSPS) is 20.5. The number of benzene rings is 1. The summed E-state index contributed by atoms with van der Waals surface area (Å²) in [4.78, 5) is 50.2. The summed E-state index contributed by atoms with van der Waals surface area (Å²) in [6, 6.07) is 5.55. The van der Waals surface area contributed by atoms with Crippen molar-refractivity contribution in [2.45, 2.75) is 26.3 Å². The van der Waals surface area contributed by atoms with Crippen molar-refractivity contribution in [3.8, 4) is 0 Å². The van der Waals surface area contributed by atoms with E-state index in [1.165, 1.54) is 0 Å². The molecule has 2 aromatic rings. The van der Waals surface area contributed by atoms with Gasteiger partial charge in [0.2, 0.25) is 11.8 Å². The molecule has 0 radical (unpaired) electrons. The molecule has 8 nitrogen and oxygen atoms in total. The summed E-state index contributed by atoms with van der Waals surface area (Å²) in [5.74, 6) is -0.218. The largest absolute Gasteiger partial charge is 0.345 e. The molecule has 8 heteroatoms. The van der Waals surface area contributed by atoms with Crippen LogP contribution in [0.3, 0.4) is 0 Å². The molecule has 0 saturated carbocycles. The zero-order valence-electron chi connectivity index (χ0n) is 16.2. The van der Waals surface area contributed by atoms with Gasteiger partial charge in [-0.05, 0) is 32.0 Å². The Morgan fingerprint density at radius 2 is 1.86 bits per heavy atom. The van der Waals surface area contributed by atoms with Gasteiger partial charge in [0, 0.05) is 50.7 Å². The van der Waals surface area contributed by atoms with E-state index >= 15 is 0 Å². The number of carbonyl (C=O) groups is 3. The molecule has 1 N–H and O–H groups in total. The first kappa shape index (κ1) is 18.5. The molecule has 2 fully saturated rings. The number of fused-ring (bicyclic) bond motifs is 1. The Labute approximate surface area is 163 Å². The fraction of sp³-hybridized carbons (Fsp3) is 0.500. The predicted octanol–water partition coefficient (Wildman–Crippen LogP) is 1.10. The maximum absolute atomic E-state index is 12.8. The second-order valence-electron chi connectivity index (χ2n) is 7.79. The summed E-state index contributed by atoms with van der Waals surface area (Å²) in [6.45, 7) is 6.44. The summed E-state index contributed by atoms with van der Waals surface area (Å²) >= 11 is 0. The Morgan fingerprint density at radius 3 is 2.54 bits per heavy atom. The van der Waals surface area contributed by atoms with Crippen LogP contribution in [0, 0.1) is 5.92 Å². The third-order valence-corrected chi connectivity index (χ3v) is 5.68. The molecule has 2 saturated heterocycles. The minimum absolute atomic E-state index is 0.0301. The molecule has 0 spiro atoms. The number of imidazole rings is 1. The number of nitrogens with one attached hydrogen (secondary N) is 1. The van der Waals surface area contributed by atoms with Crippen molar-refractivity contribution in [2.75, 3.05) is 32.7 Å². The standard InChI is InChI=1S/C20H25N5O3/c1-13(2)25-11-15(10-18(25)26)20(28)24-7-5-23(6-8-24)19(27)14-3-4-16-17(9-14)22-12-21-16/h3-4,9,12-13,15H,5-8,10-11H2,1-2H3,(H,21,22). The maximum Gasteiger partial charge on any atom is 0.254 e. The van der Waals surface area contributed by atoms with Crippen LogP contribution in [-0.2, 0) is 9.59 Å². The lowest BCUT2D eigenvalue weighted by Crippen LogP contribution is -2.52. The van der Waals surface area contributed by atoms with E-state index in [2.05, 4.69) is 9.97 Å². The Hall–Kier alpha value is -2.90. The van der Waals surface area contributed by atoms with Crippen LogP contribution in [0.2, 0.25) is 0 Å². The summed E-state index contributed by atoms with van der Waals surface area (Å²) in [7, 11) is 0. The number of aromatic nitrogens is 2. The highest BCUT2D eigenvalue weighted by atomic mass is 16.2. The quantitative estimate of drug-likeness (QED) is 0.860. The van der Waals surface area contributed by atoms with Gasteiger partial charge < -0.3 is 19.7 Å². The highest BCUT2D eigenvalue weighted by molar-refractivity contribution is 5.97. The lowest BCUT2D eigenvalue weighted by molar-refractivity contribution is -0.137. The average molecular weight is 383 g/mol. The molecule has 2 aliphatic rings. The number of nitrogens with zero attached hydrogens (tertiary/aromatic N) is 4. The van der Waals surface area contributed by atoms with Crippen molar-refractivity contribution in [1.82, 2.24) is 24.7 Å². The predicted molar refractivity (Wildman–Crippen MR) is 104 cm³/mol. The zero-order chi connectivity index (χ0) is 19.8. The lowest BCUT2D eigenvalue weighted by atomic mass is 10.1. The van der Waals surface area contributed by atoms with Gasteiger partial charge >= 0.3 is 0 Å². The van der Waals surface area contributed by atoms with Gasteiger partial charge in [0.1, 0.15) is 0 Å². The molecule has 3 heterocycles. The van der Waals surface area contributed by atoms with Crippen LogP contribution in [-0.4, -0.2) is 81.2 Å². The number of amides is 3. The first-order valence-electron chi connectivity index (χ1n) is 9.74. The van der Waals surface area contributed by atoms with E-state index in [4.69, 9.17) is 0 Å². The van der Waals surface area contributed by atoms with E-state index in [-0.39, 0.29) is 29.7 Å². The fourth-order valence-electron chi connectivity index (χ4n) is 4.04. The van der Waals surface area contributed by atoms with E-state index in [1.807, 2.05) is 26.0 Å². The van der Waals surface area contributed by atoms with Crippen molar-refractivity contribution in [3.63, 3.8) is 0 Å². The smallest absolute Gasteiger partial charge is 0.254 e. The second kappa shape index (κ2) is 7.26. The zero-order valence-corrected chi connectivity index (χ0v) is 16.2. The Bertz CT molecular complexity index is 913. The molecular weight excluding hydrogens is 358 g/mol. The van der Waals surface area contributed by atoms with Gasteiger partial charge in [-0.1, -0.05) is 0 Å². The number of aromatic amines is 1. The molecule has 1 aromatic carbocycles. The molecule has 0 bridgehead atoms. The monoisotopic (exact) mass is 383 g/mol. The summed E-state index contributed by atoms with van der Waals surface area (Å²) in [5.41, 5.74) is 2.28. The van der Waals surface area contributed by atoms with Crippen LogP contribution in [0.25, 0.3) is 11.0 Å². The number of carbonyl (C=O) groups excluding carboxylic acids is 3. The van der Waals surface area contributed by atoms with E-state index in [9.17, 15) is 14.4 Å². The average Bonchev–Trinajstić information content (AvgIpc) is 3.32. The number of rotatable bonds is 3. The molecule has 28 heavy (non-hydrogen) atoms. The first-order valence-corrected chi connectivity index (χ1v) is 9.74. The molecule has 4 rings (SSSR count). The van der Waals surface area contributed by atoms with Crippen molar-refractivity contribution in [1.29, 1.82) is 0 Å². The highest BCUT2D eigenvalue weighted by Gasteiger charge is 2.38. The minimum Gasteiger partial charge on any atom is -0.345 e. The van der Waals surface area contributed by atoms with Crippen molar-refractivity contribution >= 4 is 28.8 Å². The number of hydrogen-bond donors (Lipinski definition) is 1. The molecule has 3 amide bonds. The highest BCUT2D eigenvalue weighted by Crippen LogP contribution is 2.23. The SMILES string of the molecule is CC(C)N1CC(C(=O)N2CCN(C(=O)c3ccc4nc[nH]c4c3)CC2)CC1=O. The van der Waals surface area contributed by atoms with Crippen molar-refractivity contribution in [3.05, 3.63) is 30.1 Å². The first-order chi connectivity index (χ1) is 13.4. The number of H-pyrrole nitrogens is 1. The van der Waals surface area contributed by atoms with Gasteiger partial charge in [-0.25, -0.2) is 4.98 Å². The van der Waals surface area contributed by atoms with Gasteiger partial charge in [-0.15, -0.1) is 0 Å². The van der Waals surface area contributed by atoms with E-state index in [0.717, 1.165) is 11.0 Å². The molecule has 2 aliphatic heterocycles. The topological polar surface area (TPSA) is 89.6 Å². The van der Waals surface area contributed by atoms with Crippen LogP contribution < -0.4 is 0 Å². The van der Waals surface area contributed by atoms with Crippen molar-refractivity contribution in [2.24, 2.45) is 5.92 Å². The van der Waals surface area contributed by atoms with Gasteiger partial charge in [0.25, 0.3) is 5.91 Å². The van der Waals surface area contributed by atoms with Crippen LogP contribution in [0.1, 0.15) is 30.6 Å². The molecule has 1 aromatic heterocycles. The summed E-state index contributed by atoms with van der Waals surface area (Å²) < 4.78 is 0. The van der Waals surface area contributed by atoms with Crippen LogP contribution in [0.5, 0.6) is 0 Å². The lowest BCUT2D eigenvalue weighted by Gasteiger charge is -2.36. The molecule has 148 valence electrons. The molecule has 0 aliphatic carbocycles. The van der Waals surface area contributed by atoms with Gasteiger partial charge in [0.15, 0.2) is 0 Å². The summed E-state index contributed by atoms with van der Waals surface area (Å²) in [6.07, 6.45) is 1.90. The minimum atomic E-state index is -0.264. The Morgan fingerprint density at radius 1 is 1.14 bits per heavy atom. The van der Waals surface area contributed by atoms with Crippen LogP contribution >= 0.6 is 0 Å². The van der Waals surface area contributed by atoms with Crippen LogP contribution in [0.4, 0.5) is 0 Å². The van der Waals surface area contributed by atoms with E-state index in [1.54, 1.807) is 27.1 Å². The van der Waals surface area contributed by atoms with Crippen LogP contribution in [0.15, 0.2) is 24.5 Å². The third kappa shape index (κ3) is 3.34. The molecule has 1 unspecified atom stereocenters. The number of likely N-dealkylation sites (tertiary alicyclic amines) is 1. The maximum atomic E-state index is 12.8. The van der Waals surface area contributed by atoms with E-state index < -0.39 is 0 Å². The van der Waals surface area contributed by atoms with Gasteiger partial charge in [-0.3, -0.25) is 14.4 Å². The molecule has 1 atom stereocenters. The van der Waals surface area contributed by atoms with E-state index in [0.29, 0.717) is 44.7 Å². The fourth-order valence-corrected chi connectivity index (χ4v) is 4.04. The summed E-state index contributed by atoms with van der Waals surface area (Å²) in [5, 5.41) is 0. The van der Waals surface area contributed by atoms with Gasteiger partial charge in [-0.2, -0.15) is 0 Å². The number of piperazine rings is 1. The third-order valence-electron chi connectivity index (χ3n) is 5.68. The Kier molecular flexibility index (Phi) is 4.78. The Balaban J connectivity index is 1.36. The van der Waals surface area contributed by atoms with Gasteiger partial charge in [0.05, 0.1) is 23.3 Å².